The molecule has 0 aliphatic heterocycles. The maximum atomic E-state index is 12.0. The highest BCUT2D eigenvalue weighted by molar-refractivity contribution is 9.10. The molecule has 0 spiro atoms. The Bertz CT molecular complexity index is 647. The first kappa shape index (κ1) is 13.8. The van der Waals surface area contributed by atoms with Gasteiger partial charge in [0.1, 0.15) is 10.9 Å². The molecular weight excluding hydrogens is 332 g/mol. The van der Waals surface area contributed by atoms with E-state index >= 15 is 0 Å². The second-order valence-corrected chi connectivity index (χ2v) is 5.24. The lowest BCUT2D eigenvalue weighted by molar-refractivity contribution is 0.102. The average molecular weight is 342 g/mol. The summed E-state index contributed by atoms with van der Waals surface area (Å²) in [5.41, 5.74) is 1.54. The van der Waals surface area contributed by atoms with Gasteiger partial charge in [0, 0.05) is 4.47 Å². The number of hydrogen-bond donors (Lipinski definition) is 2. The summed E-state index contributed by atoms with van der Waals surface area (Å²) in [6, 6.07) is 6.33. The fourth-order valence-corrected chi connectivity index (χ4v) is 2.10. The van der Waals surface area contributed by atoms with E-state index in [1.807, 2.05) is 6.92 Å². The zero-order chi connectivity index (χ0) is 14.0. The van der Waals surface area contributed by atoms with Crippen LogP contribution < -0.4 is 5.32 Å². The molecule has 0 atom stereocenters. The van der Waals surface area contributed by atoms with E-state index in [1.54, 1.807) is 12.1 Å². The van der Waals surface area contributed by atoms with E-state index in [-0.39, 0.29) is 11.3 Å². The number of nitrogens with zero attached hydrogens (tertiary/aromatic N) is 1. The number of nitrogens with one attached hydrogen (secondary N) is 1. The van der Waals surface area contributed by atoms with Gasteiger partial charge in [-0.25, -0.2) is 4.98 Å². The van der Waals surface area contributed by atoms with Crippen molar-refractivity contribution in [2.24, 2.45) is 0 Å². The summed E-state index contributed by atoms with van der Waals surface area (Å²) >= 11 is 8.96. The number of aromatic hydroxyl groups is 1. The Morgan fingerprint density at radius 3 is 2.79 bits per heavy atom. The molecule has 0 bridgehead atoms. The van der Waals surface area contributed by atoms with Gasteiger partial charge in [0.2, 0.25) is 0 Å². The van der Waals surface area contributed by atoms with Gasteiger partial charge in [-0.2, -0.15) is 0 Å². The first-order chi connectivity index (χ1) is 8.97. The van der Waals surface area contributed by atoms with Gasteiger partial charge in [-0.1, -0.05) is 27.5 Å². The molecule has 2 aromatic rings. The van der Waals surface area contributed by atoms with Crippen molar-refractivity contribution in [3.63, 3.8) is 0 Å². The lowest BCUT2D eigenvalue weighted by atomic mass is 10.1. The zero-order valence-electron chi connectivity index (χ0n) is 9.95. The number of amides is 1. The molecule has 0 saturated heterocycles. The van der Waals surface area contributed by atoms with Gasteiger partial charge in [0.25, 0.3) is 5.91 Å². The molecule has 0 radical (unpaired) electrons. The van der Waals surface area contributed by atoms with Gasteiger partial charge in [0.05, 0.1) is 17.4 Å². The highest BCUT2D eigenvalue weighted by Gasteiger charge is 2.12. The monoisotopic (exact) mass is 340 g/mol. The van der Waals surface area contributed by atoms with Crippen molar-refractivity contribution in [1.29, 1.82) is 0 Å². The minimum absolute atomic E-state index is 0.0912. The number of halogens is 2. The molecular formula is C13H10BrClN2O2. The molecule has 0 aliphatic rings. The van der Waals surface area contributed by atoms with E-state index in [4.69, 9.17) is 11.6 Å². The summed E-state index contributed by atoms with van der Waals surface area (Å²) in [5.74, 6) is -0.497. The van der Waals surface area contributed by atoms with Gasteiger partial charge in [-0.15, -0.1) is 0 Å². The Hall–Kier alpha value is -1.59. The van der Waals surface area contributed by atoms with Gasteiger partial charge < -0.3 is 10.4 Å². The third kappa shape index (κ3) is 3.24. The Morgan fingerprint density at radius 2 is 2.16 bits per heavy atom. The fraction of sp³-hybridized carbons (Fsp3) is 0.0769. The molecule has 1 amide bonds. The number of aromatic nitrogens is 1. The van der Waals surface area contributed by atoms with E-state index in [0.717, 1.165) is 5.56 Å². The number of hydrogen-bond acceptors (Lipinski definition) is 3. The number of benzene rings is 1. The van der Waals surface area contributed by atoms with Crippen molar-refractivity contribution in [1.82, 2.24) is 4.98 Å². The molecule has 0 aliphatic carbocycles. The summed E-state index contributed by atoms with van der Waals surface area (Å²) in [6.45, 7) is 1.81. The Kier molecular flexibility index (Phi) is 4.07. The van der Waals surface area contributed by atoms with Crippen LogP contribution in [-0.2, 0) is 0 Å². The average Bonchev–Trinajstić information content (AvgIpc) is 2.32. The van der Waals surface area contributed by atoms with Crippen LogP contribution in [0.5, 0.6) is 5.75 Å². The van der Waals surface area contributed by atoms with Crippen molar-refractivity contribution in [3.05, 3.63) is 51.2 Å². The van der Waals surface area contributed by atoms with Crippen LogP contribution in [0.1, 0.15) is 15.9 Å². The lowest BCUT2D eigenvalue weighted by Gasteiger charge is -2.09. The minimum Gasteiger partial charge on any atom is -0.507 e. The van der Waals surface area contributed by atoms with Crippen molar-refractivity contribution >= 4 is 39.1 Å². The largest absolute Gasteiger partial charge is 0.507 e. The summed E-state index contributed by atoms with van der Waals surface area (Å²) in [4.78, 5) is 15.9. The molecule has 0 saturated carbocycles. The number of phenolic OH excluding ortho intramolecular Hbond substituents is 1. The van der Waals surface area contributed by atoms with E-state index in [1.165, 1.54) is 18.3 Å². The third-order valence-electron chi connectivity index (χ3n) is 2.53. The van der Waals surface area contributed by atoms with Crippen LogP contribution in [0.4, 0.5) is 5.69 Å². The molecule has 0 unspecified atom stereocenters. The predicted octanol–water partition coefficient (Wildman–Crippen LogP) is 3.76. The SMILES string of the molecule is Cc1cc(Cl)ncc1NC(=O)c1ccc(Br)cc1O. The van der Waals surface area contributed by atoms with Gasteiger partial charge >= 0.3 is 0 Å². The quantitative estimate of drug-likeness (QED) is 0.818. The van der Waals surface area contributed by atoms with Crippen molar-refractivity contribution in [2.45, 2.75) is 6.92 Å². The van der Waals surface area contributed by atoms with E-state index < -0.39 is 5.91 Å². The summed E-state index contributed by atoms with van der Waals surface area (Å²) in [5, 5.41) is 12.8. The first-order valence-corrected chi connectivity index (χ1v) is 6.56. The Labute approximate surface area is 123 Å². The van der Waals surface area contributed by atoms with Crippen LogP contribution in [0.25, 0.3) is 0 Å². The van der Waals surface area contributed by atoms with E-state index in [9.17, 15) is 9.90 Å². The summed E-state index contributed by atoms with van der Waals surface area (Å²) in [6.07, 6.45) is 1.48. The number of rotatable bonds is 2. The molecule has 1 aromatic heterocycles. The second-order valence-electron chi connectivity index (χ2n) is 3.94. The lowest BCUT2D eigenvalue weighted by Crippen LogP contribution is -2.13. The van der Waals surface area contributed by atoms with Crippen LogP contribution in [0.3, 0.4) is 0 Å². The third-order valence-corrected chi connectivity index (χ3v) is 3.23. The standard InChI is InChI=1S/C13H10BrClN2O2/c1-7-4-12(15)16-6-10(7)17-13(19)9-3-2-8(14)5-11(9)18/h2-6,18H,1H3,(H,17,19). The van der Waals surface area contributed by atoms with Crippen molar-refractivity contribution in [2.75, 3.05) is 5.32 Å². The highest BCUT2D eigenvalue weighted by Crippen LogP contribution is 2.24. The number of carbonyl (C=O) groups is 1. The molecule has 4 nitrogen and oxygen atoms in total. The highest BCUT2D eigenvalue weighted by atomic mass is 79.9. The molecule has 19 heavy (non-hydrogen) atoms. The maximum absolute atomic E-state index is 12.0. The number of aryl methyl sites for hydroxylation is 1. The van der Waals surface area contributed by atoms with Gasteiger partial charge in [0.15, 0.2) is 0 Å². The second kappa shape index (κ2) is 5.59. The number of phenols is 1. The number of carbonyl (C=O) groups excluding carboxylic acids is 1. The number of pyridine rings is 1. The molecule has 1 aromatic carbocycles. The fourth-order valence-electron chi connectivity index (χ4n) is 1.54. The van der Waals surface area contributed by atoms with Crippen LogP contribution >= 0.6 is 27.5 Å². The smallest absolute Gasteiger partial charge is 0.259 e. The van der Waals surface area contributed by atoms with E-state index in [0.29, 0.717) is 15.3 Å². The molecule has 2 rings (SSSR count). The van der Waals surface area contributed by atoms with Crippen molar-refractivity contribution in [3.8, 4) is 5.75 Å². The molecule has 2 N–H and O–H groups in total. The molecule has 0 fully saturated rings. The van der Waals surface area contributed by atoms with Crippen LogP contribution in [-0.4, -0.2) is 16.0 Å². The normalized spacial score (nSPS) is 10.3. The number of anilines is 1. The summed E-state index contributed by atoms with van der Waals surface area (Å²) in [7, 11) is 0. The topological polar surface area (TPSA) is 62.2 Å². The zero-order valence-corrected chi connectivity index (χ0v) is 12.3. The minimum atomic E-state index is -0.405. The summed E-state index contributed by atoms with van der Waals surface area (Å²) < 4.78 is 0.700. The molecule has 1 heterocycles. The Morgan fingerprint density at radius 1 is 1.42 bits per heavy atom. The Balaban J connectivity index is 2.25. The van der Waals surface area contributed by atoms with Crippen molar-refractivity contribution < 1.29 is 9.90 Å². The van der Waals surface area contributed by atoms with E-state index in [2.05, 4.69) is 26.2 Å². The first-order valence-electron chi connectivity index (χ1n) is 5.39. The molecule has 98 valence electrons. The predicted molar refractivity (Wildman–Crippen MR) is 77.7 cm³/mol. The van der Waals surface area contributed by atoms with Gasteiger partial charge in [-0.05, 0) is 36.8 Å². The van der Waals surface area contributed by atoms with Crippen LogP contribution in [0, 0.1) is 6.92 Å². The van der Waals surface area contributed by atoms with Gasteiger partial charge in [-0.3, -0.25) is 4.79 Å². The van der Waals surface area contributed by atoms with Crippen LogP contribution in [0.15, 0.2) is 34.9 Å². The molecule has 6 heteroatoms. The van der Waals surface area contributed by atoms with Crippen LogP contribution in [0.2, 0.25) is 5.15 Å². The maximum Gasteiger partial charge on any atom is 0.259 e.